The van der Waals surface area contributed by atoms with E-state index in [0.717, 1.165) is 18.4 Å². The highest BCUT2D eigenvalue weighted by Gasteiger charge is 2.45. The van der Waals surface area contributed by atoms with Crippen molar-refractivity contribution in [2.24, 2.45) is 5.73 Å². The molecule has 2 rings (SSSR count). The summed E-state index contributed by atoms with van der Waals surface area (Å²) in [6.07, 6.45) is 3.46. The maximum atomic E-state index is 6.20. The lowest BCUT2D eigenvalue weighted by atomic mass is 10.1. The third-order valence-corrected chi connectivity index (χ3v) is 2.87. The Labute approximate surface area is 94.5 Å². The van der Waals surface area contributed by atoms with Gasteiger partial charge in [-0.15, -0.1) is 0 Å². The van der Waals surface area contributed by atoms with Crippen LogP contribution in [0.4, 0.5) is 0 Å². The fourth-order valence-corrected chi connectivity index (χ4v) is 1.80. The molecule has 16 heavy (non-hydrogen) atoms. The van der Waals surface area contributed by atoms with E-state index in [0.29, 0.717) is 17.4 Å². The summed E-state index contributed by atoms with van der Waals surface area (Å²) in [5.74, 6) is 1.66. The summed E-state index contributed by atoms with van der Waals surface area (Å²) in [5, 5.41) is 0. The molecule has 1 aromatic rings. The van der Waals surface area contributed by atoms with Crippen molar-refractivity contribution in [2.45, 2.75) is 18.4 Å². The summed E-state index contributed by atoms with van der Waals surface area (Å²) >= 11 is 0. The van der Waals surface area contributed by atoms with Gasteiger partial charge < -0.3 is 19.9 Å². The Balaban J connectivity index is 2.59. The van der Waals surface area contributed by atoms with Gasteiger partial charge in [0.15, 0.2) is 5.75 Å². The quantitative estimate of drug-likeness (QED) is 0.828. The minimum Gasteiger partial charge on any atom is -0.495 e. The Kier molecular flexibility index (Phi) is 2.63. The first-order chi connectivity index (χ1) is 7.66. The molecule has 0 saturated heterocycles. The minimum absolute atomic E-state index is 0.354. The predicted molar refractivity (Wildman–Crippen MR) is 59.0 cm³/mol. The van der Waals surface area contributed by atoms with E-state index in [2.05, 4.69) is 4.98 Å². The van der Waals surface area contributed by atoms with Gasteiger partial charge in [-0.1, -0.05) is 0 Å². The van der Waals surface area contributed by atoms with Gasteiger partial charge in [0.2, 0.25) is 0 Å². The van der Waals surface area contributed by atoms with Gasteiger partial charge >= 0.3 is 0 Å². The van der Waals surface area contributed by atoms with Gasteiger partial charge in [0.05, 0.1) is 33.1 Å². The minimum atomic E-state index is -0.354. The predicted octanol–water partition coefficient (Wildman–Crippen LogP) is 1.06. The Morgan fingerprint density at radius 2 is 1.88 bits per heavy atom. The van der Waals surface area contributed by atoms with E-state index in [1.807, 2.05) is 0 Å². The summed E-state index contributed by atoms with van der Waals surface area (Å²) in [7, 11) is 4.73. The zero-order valence-electron chi connectivity index (χ0n) is 9.74. The molecule has 0 spiro atoms. The number of rotatable bonds is 4. The first-order valence-corrected chi connectivity index (χ1v) is 5.10. The first-order valence-electron chi connectivity index (χ1n) is 5.10. The molecule has 5 nitrogen and oxygen atoms in total. The fourth-order valence-electron chi connectivity index (χ4n) is 1.80. The Morgan fingerprint density at radius 1 is 1.19 bits per heavy atom. The second-order valence-corrected chi connectivity index (χ2v) is 3.90. The largest absolute Gasteiger partial charge is 0.495 e. The van der Waals surface area contributed by atoms with E-state index in [4.69, 9.17) is 19.9 Å². The molecule has 1 aromatic heterocycles. The maximum absolute atomic E-state index is 6.20. The van der Waals surface area contributed by atoms with Crippen LogP contribution in [0.2, 0.25) is 0 Å². The molecule has 88 valence electrons. The monoisotopic (exact) mass is 224 g/mol. The van der Waals surface area contributed by atoms with Crippen LogP contribution in [0.5, 0.6) is 17.4 Å². The van der Waals surface area contributed by atoms with Gasteiger partial charge in [0, 0.05) is 5.54 Å². The molecule has 1 aliphatic rings. The topological polar surface area (TPSA) is 66.6 Å². The molecule has 1 aliphatic carbocycles. The molecular weight excluding hydrogens is 208 g/mol. The van der Waals surface area contributed by atoms with Crippen molar-refractivity contribution in [1.82, 2.24) is 4.98 Å². The van der Waals surface area contributed by atoms with Crippen molar-refractivity contribution < 1.29 is 14.2 Å². The fraction of sp³-hybridized carbons (Fsp3) is 0.545. The summed E-state index contributed by atoms with van der Waals surface area (Å²) in [6, 6.07) is 0. The van der Waals surface area contributed by atoms with Crippen LogP contribution in [0.3, 0.4) is 0 Å². The number of hydrogen-bond acceptors (Lipinski definition) is 5. The average molecular weight is 224 g/mol. The number of methoxy groups -OCH3 is 3. The Morgan fingerprint density at radius 3 is 2.31 bits per heavy atom. The van der Waals surface area contributed by atoms with Gasteiger partial charge in [-0.3, -0.25) is 0 Å². The van der Waals surface area contributed by atoms with Crippen LogP contribution >= 0.6 is 0 Å². The van der Waals surface area contributed by atoms with Crippen LogP contribution in [0.15, 0.2) is 6.20 Å². The van der Waals surface area contributed by atoms with Crippen LogP contribution in [0.1, 0.15) is 18.4 Å². The molecule has 0 atom stereocenters. The van der Waals surface area contributed by atoms with Crippen molar-refractivity contribution in [3.8, 4) is 17.4 Å². The summed E-state index contributed by atoms with van der Waals surface area (Å²) in [4.78, 5) is 4.11. The molecule has 0 bridgehead atoms. The second kappa shape index (κ2) is 3.83. The SMILES string of the molecule is COc1cnc(OC)c(OC)c1C1(N)CC1. The normalized spacial score (nSPS) is 16.8. The van der Waals surface area contributed by atoms with E-state index < -0.39 is 0 Å². The molecular formula is C11H16N2O3. The smallest absolute Gasteiger partial charge is 0.257 e. The van der Waals surface area contributed by atoms with Crippen molar-refractivity contribution in [2.75, 3.05) is 21.3 Å². The van der Waals surface area contributed by atoms with Gasteiger partial charge in [0.1, 0.15) is 5.75 Å². The second-order valence-electron chi connectivity index (χ2n) is 3.90. The lowest BCUT2D eigenvalue weighted by Gasteiger charge is -2.19. The third kappa shape index (κ3) is 1.57. The Hall–Kier alpha value is -1.49. The van der Waals surface area contributed by atoms with Gasteiger partial charge in [-0.2, -0.15) is 0 Å². The van der Waals surface area contributed by atoms with Crippen LogP contribution in [0.25, 0.3) is 0 Å². The zero-order valence-corrected chi connectivity index (χ0v) is 9.74. The molecule has 0 unspecified atom stereocenters. The summed E-state index contributed by atoms with van der Waals surface area (Å²) in [5.41, 5.74) is 6.70. The lowest BCUT2D eigenvalue weighted by Crippen LogP contribution is -2.21. The highest BCUT2D eigenvalue weighted by Crippen LogP contribution is 2.52. The summed E-state index contributed by atoms with van der Waals surface area (Å²) in [6.45, 7) is 0. The molecule has 2 N–H and O–H groups in total. The molecule has 0 amide bonds. The van der Waals surface area contributed by atoms with E-state index in [-0.39, 0.29) is 5.54 Å². The highest BCUT2D eigenvalue weighted by atomic mass is 16.5. The summed E-state index contributed by atoms with van der Waals surface area (Å²) < 4.78 is 15.8. The van der Waals surface area contributed by atoms with Crippen LogP contribution in [-0.4, -0.2) is 26.3 Å². The zero-order chi connectivity index (χ0) is 11.8. The number of aromatic nitrogens is 1. The van der Waals surface area contributed by atoms with E-state index in [1.165, 1.54) is 0 Å². The lowest BCUT2D eigenvalue weighted by molar-refractivity contribution is 0.327. The van der Waals surface area contributed by atoms with Crippen molar-refractivity contribution >= 4 is 0 Å². The van der Waals surface area contributed by atoms with E-state index in [1.54, 1.807) is 27.5 Å². The molecule has 1 saturated carbocycles. The number of nitrogens with two attached hydrogens (primary N) is 1. The third-order valence-electron chi connectivity index (χ3n) is 2.87. The van der Waals surface area contributed by atoms with Crippen LogP contribution in [-0.2, 0) is 5.54 Å². The maximum Gasteiger partial charge on any atom is 0.257 e. The molecule has 5 heteroatoms. The van der Waals surface area contributed by atoms with Crippen molar-refractivity contribution in [3.63, 3.8) is 0 Å². The van der Waals surface area contributed by atoms with Crippen LogP contribution < -0.4 is 19.9 Å². The number of hydrogen-bond donors (Lipinski definition) is 1. The average Bonchev–Trinajstić information content (AvgIpc) is 3.06. The molecule has 0 aromatic carbocycles. The van der Waals surface area contributed by atoms with Crippen LogP contribution in [0, 0.1) is 0 Å². The molecule has 0 radical (unpaired) electrons. The number of pyridine rings is 1. The van der Waals surface area contributed by atoms with Crippen molar-refractivity contribution in [3.05, 3.63) is 11.8 Å². The van der Waals surface area contributed by atoms with Crippen molar-refractivity contribution in [1.29, 1.82) is 0 Å². The van der Waals surface area contributed by atoms with E-state index in [9.17, 15) is 0 Å². The van der Waals surface area contributed by atoms with E-state index >= 15 is 0 Å². The highest BCUT2D eigenvalue weighted by molar-refractivity contribution is 5.55. The molecule has 1 fully saturated rings. The first kappa shape index (κ1) is 11.0. The molecule has 0 aliphatic heterocycles. The number of nitrogens with zero attached hydrogens (tertiary/aromatic N) is 1. The van der Waals surface area contributed by atoms with Gasteiger partial charge in [-0.25, -0.2) is 4.98 Å². The standard InChI is InChI=1S/C11H16N2O3/c1-14-7-6-13-10(16-3)9(15-2)8(7)11(12)4-5-11/h6H,4-5,12H2,1-3H3. The van der Waals surface area contributed by atoms with Gasteiger partial charge in [-0.05, 0) is 12.8 Å². The Bertz CT molecular complexity index is 402. The van der Waals surface area contributed by atoms with Gasteiger partial charge in [0.25, 0.3) is 5.88 Å². The number of ether oxygens (including phenoxy) is 3. The molecule has 1 heterocycles.